The number of benzene rings is 2. The summed E-state index contributed by atoms with van der Waals surface area (Å²) in [5, 5.41) is 8.22. The maximum Gasteiger partial charge on any atom is 0.274 e. The second-order valence-corrected chi connectivity index (χ2v) is 13.2. The molecule has 0 saturated heterocycles. The van der Waals surface area contributed by atoms with Gasteiger partial charge < -0.3 is 11.1 Å². The van der Waals surface area contributed by atoms with E-state index in [-0.39, 0.29) is 22.8 Å². The van der Waals surface area contributed by atoms with E-state index in [1.54, 1.807) is 47.5 Å². The van der Waals surface area contributed by atoms with E-state index in [0.29, 0.717) is 39.0 Å². The predicted molar refractivity (Wildman–Crippen MR) is 196 cm³/mol. The van der Waals surface area contributed by atoms with Gasteiger partial charge in [-0.05, 0) is 63.2 Å². The molecule has 0 spiro atoms. The second kappa shape index (κ2) is 14.4. The van der Waals surface area contributed by atoms with Gasteiger partial charge >= 0.3 is 0 Å². The Morgan fingerprint density at radius 2 is 1.76 bits per heavy atom. The number of carbonyl (C=O) groups is 1. The molecule has 0 aliphatic heterocycles. The number of aliphatic imine (C=N–C) groups is 2. The largest absolute Gasteiger partial charge is 0.382 e. The number of aromatic nitrogens is 4. The van der Waals surface area contributed by atoms with Crippen LogP contribution in [0.25, 0.3) is 16.5 Å². The van der Waals surface area contributed by atoms with Crippen LogP contribution in [-0.2, 0) is 21.9 Å². The Bertz CT molecular complexity index is 2430. The lowest BCUT2D eigenvalue weighted by molar-refractivity contribution is -0.118. The molecule has 5 aromatic rings. The lowest BCUT2D eigenvalue weighted by Crippen LogP contribution is -2.33. The smallest absolute Gasteiger partial charge is 0.274 e. The number of aryl methyl sites for hydroxylation is 1. The van der Waals surface area contributed by atoms with Crippen molar-refractivity contribution in [3.63, 3.8) is 0 Å². The molecule has 1 atom stereocenters. The number of hydrogen-bond acceptors (Lipinski definition) is 9. The average molecular weight is 690 g/mol. The van der Waals surface area contributed by atoms with Gasteiger partial charge in [0.1, 0.15) is 0 Å². The monoisotopic (exact) mass is 689 g/mol. The number of carbonyl (C=O) groups excluding carboxylic acids is 1. The molecule has 50 heavy (non-hydrogen) atoms. The molecule has 0 radical (unpaired) electrons. The Balaban J connectivity index is 1.56. The minimum atomic E-state index is -3.55. The summed E-state index contributed by atoms with van der Waals surface area (Å²) in [6, 6.07) is 17.2. The number of hydrogen-bond donors (Lipinski definition) is 3. The summed E-state index contributed by atoms with van der Waals surface area (Å²) in [5.41, 5.74) is 9.79. The molecule has 254 valence electrons. The summed E-state index contributed by atoms with van der Waals surface area (Å²) in [6.45, 7) is 8.72. The van der Waals surface area contributed by atoms with Gasteiger partial charge in [0.2, 0.25) is 10.0 Å². The van der Waals surface area contributed by atoms with Crippen LogP contribution in [0.2, 0.25) is 0 Å². The first-order chi connectivity index (χ1) is 23.8. The van der Waals surface area contributed by atoms with Crippen LogP contribution >= 0.6 is 0 Å². The van der Waals surface area contributed by atoms with E-state index < -0.39 is 22.0 Å². The SMILES string of the molecule is C=N/C(N)=C(\N=C(C)c1cncc(NS(C)(=O)=O)c1)C(=O)NC(C)c1cc2cccc(C#Cc3cnn(C)c3C)c2c(=O)n1-c1ccccc1. The molecule has 0 bridgehead atoms. The number of amides is 1. The van der Waals surface area contributed by atoms with E-state index in [1.807, 2.05) is 50.4 Å². The summed E-state index contributed by atoms with van der Waals surface area (Å²) in [5.74, 6) is 5.39. The van der Waals surface area contributed by atoms with Gasteiger partial charge in [-0.3, -0.25) is 28.5 Å². The fourth-order valence-corrected chi connectivity index (χ4v) is 5.72. The van der Waals surface area contributed by atoms with Gasteiger partial charge in [-0.25, -0.2) is 18.4 Å². The van der Waals surface area contributed by atoms with Gasteiger partial charge in [-0.2, -0.15) is 5.10 Å². The maximum absolute atomic E-state index is 14.4. The fraction of sp³-hybridized carbons (Fsp3) is 0.167. The fourth-order valence-electron chi connectivity index (χ4n) is 5.18. The van der Waals surface area contributed by atoms with Crippen LogP contribution in [0.1, 0.15) is 48.0 Å². The minimum Gasteiger partial charge on any atom is -0.382 e. The number of nitrogens with zero attached hydrogens (tertiary/aromatic N) is 6. The van der Waals surface area contributed by atoms with Gasteiger partial charge in [-0.1, -0.05) is 42.2 Å². The van der Waals surface area contributed by atoms with Crippen molar-refractivity contribution < 1.29 is 13.2 Å². The van der Waals surface area contributed by atoms with Crippen molar-refractivity contribution in [2.75, 3.05) is 11.0 Å². The van der Waals surface area contributed by atoms with Gasteiger partial charge in [0.05, 0.1) is 47.0 Å². The van der Waals surface area contributed by atoms with Crippen molar-refractivity contribution in [1.29, 1.82) is 0 Å². The van der Waals surface area contributed by atoms with Crippen molar-refractivity contribution >= 4 is 44.8 Å². The van der Waals surface area contributed by atoms with Crippen LogP contribution in [-0.4, -0.2) is 52.3 Å². The number of para-hydroxylation sites is 1. The highest BCUT2D eigenvalue weighted by Crippen LogP contribution is 2.24. The Labute approximate surface area is 289 Å². The Hall–Kier alpha value is -6.33. The predicted octanol–water partition coefficient (Wildman–Crippen LogP) is 3.71. The third-order valence-electron chi connectivity index (χ3n) is 7.81. The molecular weight excluding hydrogens is 655 g/mol. The summed E-state index contributed by atoms with van der Waals surface area (Å²) in [7, 11) is -1.71. The summed E-state index contributed by atoms with van der Waals surface area (Å²) < 4.78 is 29.1. The van der Waals surface area contributed by atoms with Gasteiger partial charge in [0.25, 0.3) is 11.5 Å². The number of sulfonamides is 1. The number of fused-ring (bicyclic) bond motifs is 1. The van der Waals surface area contributed by atoms with Crippen LogP contribution in [0, 0.1) is 18.8 Å². The van der Waals surface area contributed by atoms with Crippen molar-refractivity contribution in [3.05, 3.63) is 129 Å². The van der Waals surface area contributed by atoms with Crippen LogP contribution in [0.4, 0.5) is 5.69 Å². The third kappa shape index (κ3) is 7.69. The molecular formula is C36H35N9O4S. The molecule has 4 N–H and O–H groups in total. The Morgan fingerprint density at radius 1 is 1.04 bits per heavy atom. The number of pyridine rings is 2. The maximum atomic E-state index is 14.4. The van der Waals surface area contributed by atoms with E-state index >= 15 is 0 Å². The standard InChI is InChI=1S/C36H35N9O4S/c1-22(28-17-29(21-39-19-28)43-50(6,48)49)41-33(34(37)38-4)35(46)42-23(2)31-18-26-12-10-11-25(15-16-27-20-40-44(5)24(27)3)32(26)36(47)45(31)30-13-8-7-9-14-30/h7-14,17-21,23,43H,4,37H2,1-3,5-6H3,(H,42,46)/b34-33-,41-22?. The first kappa shape index (κ1) is 35.0. The number of rotatable bonds is 9. The van der Waals surface area contributed by atoms with Gasteiger partial charge in [0.15, 0.2) is 11.5 Å². The summed E-state index contributed by atoms with van der Waals surface area (Å²) in [4.78, 5) is 40.4. The zero-order valence-corrected chi connectivity index (χ0v) is 28.9. The lowest BCUT2D eigenvalue weighted by atomic mass is 10.0. The average Bonchev–Trinajstić information content (AvgIpc) is 3.41. The van der Waals surface area contributed by atoms with Gasteiger partial charge in [-0.15, -0.1) is 0 Å². The quantitative estimate of drug-likeness (QED) is 0.120. The molecule has 0 fully saturated rings. The molecule has 0 aliphatic rings. The van der Waals surface area contributed by atoms with E-state index in [0.717, 1.165) is 17.5 Å². The van der Waals surface area contributed by atoms with E-state index in [9.17, 15) is 18.0 Å². The molecule has 1 amide bonds. The molecule has 2 aromatic carbocycles. The zero-order valence-electron chi connectivity index (χ0n) is 28.1. The second-order valence-electron chi connectivity index (χ2n) is 11.5. The number of anilines is 1. The van der Waals surface area contributed by atoms with Crippen LogP contribution in [0.3, 0.4) is 0 Å². The van der Waals surface area contributed by atoms with Crippen LogP contribution < -0.4 is 21.3 Å². The molecule has 13 nitrogen and oxygen atoms in total. The van der Waals surface area contributed by atoms with Crippen LogP contribution in [0.15, 0.2) is 106 Å². The molecule has 14 heteroatoms. The normalized spacial score (nSPS) is 12.8. The number of nitrogens with one attached hydrogen (secondary N) is 2. The van der Waals surface area contributed by atoms with Crippen molar-refractivity contribution in [3.8, 4) is 17.5 Å². The van der Waals surface area contributed by atoms with Crippen LogP contribution in [0.5, 0.6) is 0 Å². The molecule has 5 rings (SSSR count). The third-order valence-corrected chi connectivity index (χ3v) is 8.42. The molecule has 3 heterocycles. The molecule has 0 aliphatic carbocycles. The lowest BCUT2D eigenvalue weighted by Gasteiger charge is -2.21. The van der Waals surface area contributed by atoms with Gasteiger partial charge in [0, 0.05) is 41.5 Å². The van der Waals surface area contributed by atoms with E-state index in [4.69, 9.17) is 5.73 Å². The highest BCUT2D eigenvalue weighted by molar-refractivity contribution is 7.92. The highest BCUT2D eigenvalue weighted by atomic mass is 32.2. The summed E-state index contributed by atoms with van der Waals surface area (Å²) in [6.07, 6.45) is 5.52. The minimum absolute atomic E-state index is 0.217. The highest BCUT2D eigenvalue weighted by Gasteiger charge is 2.22. The number of nitrogens with two attached hydrogens (primary N) is 1. The van der Waals surface area contributed by atoms with Crippen molar-refractivity contribution in [1.82, 2.24) is 24.6 Å². The molecule has 0 saturated carbocycles. The zero-order chi connectivity index (χ0) is 36.2. The molecule has 1 unspecified atom stereocenters. The van der Waals surface area contributed by atoms with Crippen molar-refractivity contribution in [2.24, 2.45) is 22.8 Å². The first-order valence-corrected chi connectivity index (χ1v) is 17.2. The first-order valence-electron chi connectivity index (χ1n) is 15.3. The Morgan fingerprint density at radius 3 is 2.42 bits per heavy atom. The van der Waals surface area contributed by atoms with E-state index in [1.165, 1.54) is 18.5 Å². The topological polar surface area (TPSA) is 179 Å². The summed E-state index contributed by atoms with van der Waals surface area (Å²) >= 11 is 0. The molecule has 3 aromatic heterocycles. The van der Waals surface area contributed by atoms with E-state index in [2.05, 4.69) is 48.7 Å². The Kier molecular flexibility index (Phi) is 10.1. The van der Waals surface area contributed by atoms with Crippen molar-refractivity contribution in [2.45, 2.75) is 26.8 Å².